The predicted octanol–water partition coefficient (Wildman–Crippen LogP) is 1.70. The van der Waals surface area contributed by atoms with Crippen LogP contribution in [-0.4, -0.2) is 67.9 Å². The van der Waals surface area contributed by atoms with Crippen LogP contribution in [0.4, 0.5) is 0 Å². The first-order valence-electron chi connectivity index (χ1n) is 10.3. The molecule has 1 saturated heterocycles. The maximum atomic E-state index is 13.2. The van der Waals surface area contributed by atoms with Gasteiger partial charge >= 0.3 is 0 Å². The number of fused-ring (bicyclic) bond motifs is 1. The number of benzene rings is 1. The van der Waals surface area contributed by atoms with Crippen molar-refractivity contribution in [3.05, 3.63) is 34.9 Å². The number of nitrogens with zero attached hydrogens (tertiary/aromatic N) is 2. The van der Waals surface area contributed by atoms with E-state index in [2.05, 4.69) is 5.32 Å². The Balaban J connectivity index is 1.88. The van der Waals surface area contributed by atoms with Crippen LogP contribution >= 0.6 is 0 Å². The van der Waals surface area contributed by atoms with Gasteiger partial charge in [-0.15, -0.1) is 0 Å². The molecule has 1 N–H and O–H groups in total. The van der Waals surface area contributed by atoms with Gasteiger partial charge in [0, 0.05) is 37.8 Å². The van der Waals surface area contributed by atoms with Crippen molar-refractivity contribution in [2.45, 2.75) is 45.6 Å². The van der Waals surface area contributed by atoms with Crippen LogP contribution in [-0.2, 0) is 14.8 Å². The normalized spacial score (nSPS) is 24.5. The topological polar surface area (TPSA) is 86.8 Å². The molecule has 1 aliphatic heterocycles. The van der Waals surface area contributed by atoms with Crippen molar-refractivity contribution in [1.29, 1.82) is 0 Å². The lowest BCUT2D eigenvalue weighted by molar-refractivity contribution is -0.127. The summed E-state index contributed by atoms with van der Waals surface area (Å²) in [5.41, 5.74) is 2.59. The van der Waals surface area contributed by atoms with Crippen molar-refractivity contribution in [3.63, 3.8) is 0 Å². The van der Waals surface area contributed by atoms with Gasteiger partial charge in [0.15, 0.2) is 0 Å². The van der Waals surface area contributed by atoms with E-state index >= 15 is 0 Å². The van der Waals surface area contributed by atoms with Crippen molar-refractivity contribution < 1.29 is 18.0 Å². The van der Waals surface area contributed by atoms with Gasteiger partial charge in [0.1, 0.15) is 0 Å². The zero-order valence-corrected chi connectivity index (χ0v) is 18.3. The SMILES string of the molecule is Cc1ccc(C(=O)N2CCNC(=O)C3CCCCC3N(S(C)(=O)=O)CC2)c(C)c1. The molecular weight excluding hydrogens is 390 g/mol. The number of carbonyl (C=O) groups is 2. The third-order valence-electron chi connectivity index (χ3n) is 6.03. The van der Waals surface area contributed by atoms with E-state index in [0.29, 0.717) is 38.0 Å². The van der Waals surface area contributed by atoms with Gasteiger partial charge in [0.25, 0.3) is 5.91 Å². The van der Waals surface area contributed by atoms with Crippen LogP contribution in [0.15, 0.2) is 18.2 Å². The summed E-state index contributed by atoms with van der Waals surface area (Å²) < 4.78 is 26.5. The van der Waals surface area contributed by atoms with Gasteiger partial charge in [-0.25, -0.2) is 8.42 Å². The van der Waals surface area contributed by atoms with Crippen LogP contribution in [0.25, 0.3) is 0 Å². The fourth-order valence-electron chi connectivity index (χ4n) is 4.54. The molecule has 29 heavy (non-hydrogen) atoms. The molecule has 7 nitrogen and oxygen atoms in total. The number of sulfonamides is 1. The average Bonchev–Trinajstić information content (AvgIpc) is 2.65. The minimum atomic E-state index is -3.50. The first kappa shape index (κ1) is 21.8. The number of carbonyl (C=O) groups excluding carboxylic acids is 2. The van der Waals surface area contributed by atoms with Crippen LogP contribution in [0.3, 0.4) is 0 Å². The summed E-state index contributed by atoms with van der Waals surface area (Å²) in [5.74, 6) is -0.560. The number of hydrogen-bond donors (Lipinski definition) is 1. The fraction of sp³-hybridized carbons (Fsp3) is 0.619. The summed E-state index contributed by atoms with van der Waals surface area (Å²) in [6.45, 7) is 5.12. The average molecular weight is 422 g/mol. The van der Waals surface area contributed by atoms with Gasteiger partial charge in [-0.2, -0.15) is 4.31 Å². The molecule has 2 fully saturated rings. The van der Waals surface area contributed by atoms with Crippen LogP contribution < -0.4 is 5.32 Å². The van der Waals surface area contributed by atoms with Crippen molar-refractivity contribution in [2.24, 2.45) is 5.92 Å². The molecule has 1 aromatic rings. The first-order chi connectivity index (χ1) is 13.7. The smallest absolute Gasteiger partial charge is 0.254 e. The summed E-state index contributed by atoms with van der Waals surface area (Å²) in [6, 6.07) is 5.34. The Morgan fingerprint density at radius 1 is 1.10 bits per heavy atom. The maximum absolute atomic E-state index is 13.2. The van der Waals surface area contributed by atoms with Crippen molar-refractivity contribution in [1.82, 2.24) is 14.5 Å². The van der Waals surface area contributed by atoms with Gasteiger partial charge in [0.05, 0.1) is 12.2 Å². The Morgan fingerprint density at radius 3 is 2.52 bits per heavy atom. The number of rotatable bonds is 2. The maximum Gasteiger partial charge on any atom is 0.254 e. The van der Waals surface area contributed by atoms with Crippen molar-refractivity contribution in [3.8, 4) is 0 Å². The van der Waals surface area contributed by atoms with E-state index in [4.69, 9.17) is 0 Å². The first-order valence-corrected chi connectivity index (χ1v) is 12.1. The molecule has 1 aromatic carbocycles. The summed E-state index contributed by atoms with van der Waals surface area (Å²) in [5, 5.41) is 2.93. The second kappa shape index (κ2) is 8.83. The third-order valence-corrected chi connectivity index (χ3v) is 7.34. The standard InChI is InChI=1S/C21H31N3O4S/c1-15-8-9-17(16(2)14-15)21(26)23-11-10-22-20(25)18-6-4-5-7-19(18)24(13-12-23)29(3,27)28/h8-9,14,18-19H,4-7,10-13H2,1-3H3,(H,22,25). The lowest BCUT2D eigenvalue weighted by Gasteiger charge is -2.39. The molecule has 8 heteroatoms. The lowest BCUT2D eigenvalue weighted by Crippen LogP contribution is -2.55. The largest absolute Gasteiger partial charge is 0.354 e. The molecule has 0 spiro atoms. The Hall–Kier alpha value is -1.93. The monoisotopic (exact) mass is 421 g/mol. The van der Waals surface area contributed by atoms with Gasteiger partial charge < -0.3 is 10.2 Å². The van der Waals surface area contributed by atoms with E-state index < -0.39 is 10.0 Å². The zero-order chi connectivity index (χ0) is 21.2. The summed E-state index contributed by atoms with van der Waals surface area (Å²) in [7, 11) is -3.50. The van der Waals surface area contributed by atoms with E-state index in [1.807, 2.05) is 32.0 Å². The quantitative estimate of drug-likeness (QED) is 0.787. The number of aryl methyl sites for hydroxylation is 2. The second-order valence-electron chi connectivity index (χ2n) is 8.23. The fourth-order valence-corrected chi connectivity index (χ4v) is 5.70. The molecule has 160 valence electrons. The highest BCUT2D eigenvalue weighted by molar-refractivity contribution is 7.88. The number of hydrogen-bond acceptors (Lipinski definition) is 4. The Morgan fingerprint density at radius 2 is 1.83 bits per heavy atom. The minimum Gasteiger partial charge on any atom is -0.354 e. The van der Waals surface area contributed by atoms with Crippen molar-refractivity contribution >= 4 is 21.8 Å². The zero-order valence-electron chi connectivity index (χ0n) is 17.5. The summed E-state index contributed by atoms with van der Waals surface area (Å²) >= 11 is 0. The molecule has 2 aliphatic rings. The van der Waals surface area contributed by atoms with Crippen LogP contribution in [0, 0.1) is 19.8 Å². The van der Waals surface area contributed by atoms with Gasteiger partial charge in [-0.05, 0) is 38.3 Å². The summed E-state index contributed by atoms with van der Waals surface area (Å²) in [6.07, 6.45) is 4.41. The van der Waals surface area contributed by atoms with E-state index in [1.165, 1.54) is 10.6 Å². The van der Waals surface area contributed by atoms with Gasteiger partial charge in [-0.1, -0.05) is 30.5 Å². The predicted molar refractivity (Wildman–Crippen MR) is 112 cm³/mol. The minimum absolute atomic E-state index is 0.107. The van der Waals surface area contributed by atoms with E-state index in [-0.39, 0.29) is 30.3 Å². The van der Waals surface area contributed by atoms with E-state index in [1.54, 1.807) is 4.90 Å². The summed E-state index contributed by atoms with van der Waals surface area (Å²) in [4.78, 5) is 27.6. The van der Waals surface area contributed by atoms with Crippen molar-refractivity contribution in [2.75, 3.05) is 32.4 Å². The van der Waals surface area contributed by atoms with Gasteiger partial charge in [-0.3, -0.25) is 9.59 Å². The molecule has 2 atom stereocenters. The third kappa shape index (κ3) is 4.98. The molecule has 1 aliphatic carbocycles. The van der Waals surface area contributed by atoms with E-state index in [9.17, 15) is 18.0 Å². The lowest BCUT2D eigenvalue weighted by atomic mass is 9.83. The number of nitrogens with one attached hydrogen (secondary N) is 1. The highest BCUT2D eigenvalue weighted by Gasteiger charge is 2.39. The Bertz CT molecular complexity index is 884. The van der Waals surface area contributed by atoms with E-state index in [0.717, 1.165) is 24.0 Å². The highest BCUT2D eigenvalue weighted by atomic mass is 32.2. The molecular formula is C21H31N3O4S. The highest BCUT2D eigenvalue weighted by Crippen LogP contribution is 2.30. The molecule has 3 rings (SSSR count). The molecule has 0 bridgehead atoms. The Labute approximate surface area is 173 Å². The van der Waals surface area contributed by atoms with Gasteiger partial charge in [0.2, 0.25) is 15.9 Å². The molecule has 0 aromatic heterocycles. The number of amides is 2. The molecule has 2 amide bonds. The van der Waals surface area contributed by atoms with Crippen LogP contribution in [0.2, 0.25) is 0 Å². The van der Waals surface area contributed by atoms with Crippen LogP contribution in [0.5, 0.6) is 0 Å². The Kier molecular flexibility index (Phi) is 6.63. The van der Waals surface area contributed by atoms with Crippen LogP contribution in [0.1, 0.15) is 47.2 Å². The molecule has 1 saturated carbocycles. The second-order valence-corrected chi connectivity index (χ2v) is 10.2. The molecule has 0 radical (unpaired) electrons. The molecule has 2 unspecified atom stereocenters. The molecule has 1 heterocycles.